The molecule has 0 aliphatic carbocycles. The molecule has 3 aliphatic heterocycles. The molecular formula is C35H41N3O5. The summed E-state index contributed by atoms with van der Waals surface area (Å²) in [5.74, 6) is 8.66. The van der Waals surface area contributed by atoms with Gasteiger partial charge in [-0.1, -0.05) is 43.0 Å². The zero-order valence-corrected chi connectivity index (χ0v) is 24.9. The molecule has 0 spiro atoms. The lowest BCUT2D eigenvalue weighted by Gasteiger charge is -2.29. The van der Waals surface area contributed by atoms with Gasteiger partial charge in [0.1, 0.15) is 18.6 Å². The quantitative estimate of drug-likeness (QED) is 0.253. The highest BCUT2D eigenvalue weighted by molar-refractivity contribution is 5.87. The average molecular weight is 584 g/mol. The maximum absolute atomic E-state index is 11.1. The Morgan fingerprint density at radius 3 is 2.93 bits per heavy atom. The molecule has 1 aromatic heterocycles. The van der Waals surface area contributed by atoms with Crippen molar-refractivity contribution in [2.75, 3.05) is 20.4 Å². The number of aromatic nitrogens is 1. The van der Waals surface area contributed by atoms with Crippen molar-refractivity contribution in [1.82, 2.24) is 15.2 Å². The number of benzene rings is 2. The number of fused-ring (bicyclic) bond motifs is 6. The minimum Gasteiger partial charge on any atom is -0.504 e. The van der Waals surface area contributed by atoms with E-state index in [1.165, 1.54) is 0 Å². The first kappa shape index (κ1) is 29.3. The summed E-state index contributed by atoms with van der Waals surface area (Å²) in [4.78, 5) is 0. The molecule has 8 nitrogen and oxygen atoms in total. The van der Waals surface area contributed by atoms with E-state index in [4.69, 9.17) is 14.2 Å². The number of nitrogens with zero attached hydrogens (tertiary/aromatic N) is 1. The van der Waals surface area contributed by atoms with Gasteiger partial charge in [0.05, 0.1) is 25.5 Å². The van der Waals surface area contributed by atoms with Crippen LogP contribution in [0.3, 0.4) is 0 Å². The minimum atomic E-state index is -0.513. The third-order valence-corrected chi connectivity index (χ3v) is 8.51. The Hall–Kier alpha value is -3.74. The Labute approximate surface area is 253 Å². The van der Waals surface area contributed by atoms with Crippen molar-refractivity contribution in [3.8, 4) is 23.3 Å². The number of aromatic hydroxyl groups is 1. The number of hydrogen-bond donors (Lipinski definition) is 4. The van der Waals surface area contributed by atoms with Crippen molar-refractivity contribution in [3.05, 3.63) is 77.1 Å². The molecule has 3 aliphatic rings. The summed E-state index contributed by atoms with van der Waals surface area (Å²) in [7, 11) is 1.67. The van der Waals surface area contributed by atoms with E-state index in [0.717, 1.165) is 58.1 Å². The molecular weight excluding hydrogens is 542 g/mol. The first-order chi connectivity index (χ1) is 21.0. The number of hydrogen-bond acceptors (Lipinski definition) is 7. The van der Waals surface area contributed by atoms with Crippen LogP contribution < -0.4 is 15.4 Å². The summed E-state index contributed by atoms with van der Waals surface area (Å²) in [6, 6.07) is 11.6. The van der Waals surface area contributed by atoms with Gasteiger partial charge < -0.3 is 34.3 Å². The van der Waals surface area contributed by atoms with E-state index in [0.29, 0.717) is 45.0 Å². The summed E-state index contributed by atoms with van der Waals surface area (Å²) < 4.78 is 20.2. The SMILES string of the molecule is COCNC1C=C2C#CC(C)CCCC3CC(O)CCc4ccc(O)c(c4)OCc4cccc5cn(cc45)C(=C2CO3)N1. The van der Waals surface area contributed by atoms with Crippen LogP contribution in [-0.4, -0.2) is 53.6 Å². The van der Waals surface area contributed by atoms with Crippen LogP contribution in [0.5, 0.6) is 11.5 Å². The van der Waals surface area contributed by atoms with Crippen LogP contribution in [0.25, 0.3) is 16.6 Å². The lowest BCUT2D eigenvalue weighted by atomic mass is 9.97. The van der Waals surface area contributed by atoms with Gasteiger partial charge in [-0.05, 0) is 67.9 Å². The maximum atomic E-state index is 11.1. The van der Waals surface area contributed by atoms with E-state index < -0.39 is 6.10 Å². The van der Waals surface area contributed by atoms with Gasteiger partial charge in [-0.25, -0.2) is 0 Å². The van der Waals surface area contributed by atoms with Crippen molar-refractivity contribution >= 4 is 16.6 Å². The second kappa shape index (κ2) is 13.3. The number of rotatable bonds is 3. The number of phenolic OH excluding ortho intramolecular Hbond substituents is 1. The van der Waals surface area contributed by atoms with E-state index in [-0.39, 0.29) is 23.9 Å². The van der Waals surface area contributed by atoms with E-state index in [1.807, 2.05) is 18.2 Å². The van der Waals surface area contributed by atoms with Gasteiger partial charge in [-0.15, -0.1) is 0 Å². The zero-order valence-electron chi connectivity index (χ0n) is 24.9. The first-order valence-electron chi connectivity index (χ1n) is 15.3. The van der Waals surface area contributed by atoms with Gasteiger partial charge >= 0.3 is 0 Å². The minimum absolute atomic E-state index is 0.0902. The van der Waals surface area contributed by atoms with E-state index >= 15 is 0 Å². The second-order valence-corrected chi connectivity index (χ2v) is 11.8. The van der Waals surface area contributed by atoms with Gasteiger partial charge in [-0.2, -0.15) is 0 Å². The molecule has 3 aromatic rings. The number of nitrogens with one attached hydrogen (secondary N) is 2. The van der Waals surface area contributed by atoms with Crippen LogP contribution in [0, 0.1) is 17.8 Å². The monoisotopic (exact) mass is 583 g/mol. The number of aliphatic hydroxyl groups excluding tert-OH is 1. The standard InChI is InChI=1S/C35H41N3O5/c1-23-5-3-8-29-17-28(39)13-10-24-11-14-32(40)33(15-24)43-20-27-7-4-6-26-18-38(19-30(26)27)35-31(21-42-29)25(12-9-23)16-34(37-35)36-22-41-2/h4,6-7,11,14-16,18-19,23,28-29,34,36-37,39-40H,3,5,8,10,13,17,20-22H2,1-2H3. The van der Waals surface area contributed by atoms with Crippen LogP contribution in [0.15, 0.2) is 66.0 Å². The first-order valence-corrected chi connectivity index (χ1v) is 15.3. The normalized spacial score (nSPS) is 24.6. The van der Waals surface area contributed by atoms with Crippen LogP contribution in [-0.2, 0) is 22.5 Å². The largest absolute Gasteiger partial charge is 0.504 e. The Morgan fingerprint density at radius 1 is 1.14 bits per heavy atom. The molecule has 0 fully saturated rings. The van der Waals surface area contributed by atoms with Gasteiger partial charge in [0, 0.05) is 47.3 Å². The molecule has 0 saturated carbocycles. The predicted molar refractivity (Wildman–Crippen MR) is 167 cm³/mol. The van der Waals surface area contributed by atoms with E-state index in [9.17, 15) is 10.2 Å². The van der Waals surface area contributed by atoms with Gasteiger partial charge in [0.2, 0.25) is 0 Å². The number of phenols is 1. The van der Waals surface area contributed by atoms with Crippen molar-refractivity contribution < 1.29 is 24.4 Å². The highest BCUT2D eigenvalue weighted by Gasteiger charge is 2.25. The molecule has 0 radical (unpaired) electrons. The molecule has 8 heteroatoms. The van der Waals surface area contributed by atoms with E-state index in [2.05, 4.69) is 64.6 Å². The molecule has 4 unspecified atom stereocenters. The smallest absolute Gasteiger partial charge is 0.161 e. The van der Waals surface area contributed by atoms with Gasteiger partial charge in [0.25, 0.3) is 0 Å². The summed E-state index contributed by atoms with van der Waals surface area (Å²) in [6.07, 6.45) is 10.2. The lowest BCUT2D eigenvalue weighted by Crippen LogP contribution is -2.44. The highest BCUT2D eigenvalue weighted by Crippen LogP contribution is 2.32. The predicted octanol–water partition coefficient (Wildman–Crippen LogP) is 5.05. The fourth-order valence-electron chi connectivity index (χ4n) is 6.07. The molecule has 226 valence electrons. The molecule has 4 atom stereocenters. The van der Waals surface area contributed by atoms with Crippen molar-refractivity contribution in [2.24, 2.45) is 5.92 Å². The molecule has 4 N–H and O–H groups in total. The van der Waals surface area contributed by atoms with Crippen LogP contribution in [0.4, 0.5) is 0 Å². The van der Waals surface area contributed by atoms with Gasteiger partial charge in [-0.3, -0.25) is 5.32 Å². The fourth-order valence-corrected chi connectivity index (χ4v) is 6.07. The number of ether oxygens (including phenoxy) is 3. The lowest BCUT2D eigenvalue weighted by molar-refractivity contribution is 0.0167. The molecule has 2 aromatic carbocycles. The average Bonchev–Trinajstić information content (AvgIpc) is 3.44. The third-order valence-electron chi connectivity index (χ3n) is 8.51. The molecule has 43 heavy (non-hydrogen) atoms. The van der Waals surface area contributed by atoms with Crippen molar-refractivity contribution in [2.45, 2.75) is 70.4 Å². The third kappa shape index (κ3) is 6.92. The molecule has 0 amide bonds. The van der Waals surface area contributed by atoms with E-state index in [1.54, 1.807) is 13.2 Å². The van der Waals surface area contributed by atoms with Gasteiger partial charge in [0.15, 0.2) is 11.5 Å². The number of aliphatic hydroxyl groups is 1. The van der Waals surface area contributed by atoms with Crippen LogP contribution >= 0.6 is 0 Å². The summed E-state index contributed by atoms with van der Waals surface area (Å²) in [5.41, 5.74) is 3.94. The number of aryl methyl sites for hydroxylation is 1. The second-order valence-electron chi connectivity index (χ2n) is 11.8. The van der Waals surface area contributed by atoms with Crippen molar-refractivity contribution in [3.63, 3.8) is 0 Å². The summed E-state index contributed by atoms with van der Waals surface area (Å²) in [5, 5.41) is 30.8. The number of dihydropyridines is 1. The summed E-state index contributed by atoms with van der Waals surface area (Å²) in [6.45, 7) is 3.24. The Bertz CT molecular complexity index is 1580. The van der Waals surface area contributed by atoms with Crippen molar-refractivity contribution in [1.29, 1.82) is 0 Å². The Morgan fingerprint density at radius 2 is 2.05 bits per heavy atom. The zero-order chi connectivity index (χ0) is 29.8. The fraction of sp³-hybridized carbons (Fsp3) is 0.429. The Balaban J connectivity index is 1.47. The maximum Gasteiger partial charge on any atom is 0.161 e. The topological polar surface area (TPSA) is 97.1 Å². The van der Waals surface area contributed by atoms with Crippen LogP contribution in [0.2, 0.25) is 0 Å². The molecule has 4 heterocycles. The molecule has 6 bridgehead atoms. The summed E-state index contributed by atoms with van der Waals surface area (Å²) >= 11 is 0. The molecule has 6 rings (SSSR count). The van der Waals surface area contributed by atoms with Crippen LogP contribution in [0.1, 0.15) is 50.2 Å². The highest BCUT2D eigenvalue weighted by atomic mass is 16.5. The molecule has 0 saturated heterocycles. The Kier molecular flexibility index (Phi) is 9.06. The number of methoxy groups -OCH3 is 1.